The Labute approximate surface area is 127 Å². The molecule has 6 heteroatoms. The second-order valence-electron chi connectivity index (χ2n) is 6.13. The van der Waals surface area contributed by atoms with Crippen LogP contribution in [0.4, 0.5) is 0 Å². The third kappa shape index (κ3) is 3.13. The van der Waals surface area contributed by atoms with Crippen LogP contribution in [0.3, 0.4) is 0 Å². The highest BCUT2D eigenvalue weighted by molar-refractivity contribution is 7.89. The third-order valence-electron chi connectivity index (χ3n) is 4.30. The van der Waals surface area contributed by atoms with Crippen LogP contribution in [0, 0.1) is 12.8 Å². The van der Waals surface area contributed by atoms with Gasteiger partial charge in [-0.05, 0) is 44.1 Å². The van der Waals surface area contributed by atoms with Crippen LogP contribution in [0.25, 0.3) is 0 Å². The minimum atomic E-state index is -3.43. The lowest BCUT2D eigenvalue weighted by molar-refractivity contribution is 0.263. The van der Waals surface area contributed by atoms with Gasteiger partial charge in [-0.15, -0.1) is 0 Å². The Balaban J connectivity index is 2.31. The second-order valence-corrected chi connectivity index (χ2v) is 8.04. The molecule has 1 fully saturated rings. The molecule has 1 aliphatic rings. The van der Waals surface area contributed by atoms with Crippen LogP contribution < -0.4 is 5.73 Å². The van der Waals surface area contributed by atoms with E-state index in [2.05, 4.69) is 11.8 Å². The quantitative estimate of drug-likeness (QED) is 0.902. The Hall–Kier alpha value is -0.950. The summed E-state index contributed by atoms with van der Waals surface area (Å²) in [6.45, 7) is 5.47. The van der Waals surface area contributed by atoms with Crippen molar-refractivity contribution in [2.75, 3.05) is 27.2 Å². The minimum Gasteiger partial charge on any atom is -0.326 e. The number of likely N-dealkylation sites (N-methyl/N-ethyl adjacent to an activating group) is 1. The maximum Gasteiger partial charge on any atom is 0.243 e. The van der Waals surface area contributed by atoms with E-state index in [0.29, 0.717) is 30.4 Å². The third-order valence-corrected chi connectivity index (χ3v) is 6.29. The van der Waals surface area contributed by atoms with Crippen LogP contribution in [0.5, 0.6) is 0 Å². The molecule has 0 radical (unpaired) electrons. The van der Waals surface area contributed by atoms with Gasteiger partial charge >= 0.3 is 0 Å². The Bertz CT molecular complexity index is 613. The molecule has 2 atom stereocenters. The normalized spacial score (nSPS) is 23.9. The van der Waals surface area contributed by atoms with Gasteiger partial charge in [0.1, 0.15) is 0 Å². The van der Waals surface area contributed by atoms with Crippen LogP contribution in [0.15, 0.2) is 23.1 Å². The van der Waals surface area contributed by atoms with Gasteiger partial charge in [0, 0.05) is 25.7 Å². The summed E-state index contributed by atoms with van der Waals surface area (Å²) in [7, 11) is 0.569. The molecular formula is C15H25N3O2S. The zero-order valence-electron chi connectivity index (χ0n) is 13.2. The molecule has 1 aromatic carbocycles. The zero-order valence-corrected chi connectivity index (χ0v) is 14.0. The Morgan fingerprint density at radius 2 is 2.00 bits per heavy atom. The molecule has 5 nitrogen and oxygen atoms in total. The first kappa shape index (κ1) is 16.4. The van der Waals surface area contributed by atoms with E-state index >= 15 is 0 Å². The van der Waals surface area contributed by atoms with Crippen LogP contribution in [-0.2, 0) is 16.6 Å². The van der Waals surface area contributed by atoms with Gasteiger partial charge in [0.2, 0.25) is 10.0 Å². The number of aryl methyl sites for hydroxylation is 1. The summed E-state index contributed by atoms with van der Waals surface area (Å²) in [5, 5.41) is 0. The molecule has 2 unspecified atom stereocenters. The second kappa shape index (κ2) is 6.04. The average molecular weight is 311 g/mol. The molecule has 1 saturated heterocycles. The predicted octanol–water partition coefficient (Wildman–Crippen LogP) is 1.02. The number of benzene rings is 1. The minimum absolute atomic E-state index is 0.267. The van der Waals surface area contributed by atoms with Crippen LogP contribution in [0.1, 0.15) is 18.1 Å². The van der Waals surface area contributed by atoms with E-state index in [0.717, 1.165) is 11.1 Å². The first-order chi connectivity index (χ1) is 9.77. The van der Waals surface area contributed by atoms with Gasteiger partial charge in [0.05, 0.1) is 4.90 Å². The average Bonchev–Trinajstić information content (AvgIpc) is 2.81. The number of hydrogen-bond donors (Lipinski definition) is 1. The van der Waals surface area contributed by atoms with Crippen molar-refractivity contribution in [2.45, 2.75) is 31.3 Å². The molecule has 0 bridgehead atoms. The fourth-order valence-corrected chi connectivity index (χ4v) is 4.81. The molecule has 1 aliphatic heterocycles. The smallest absolute Gasteiger partial charge is 0.243 e. The molecule has 2 N–H and O–H groups in total. The van der Waals surface area contributed by atoms with E-state index in [1.54, 1.807) is 16.4 Å². The fraction of sp³-hybridized carbons (Fsp3) is 0.600. The van der Waals surface area contributed by atoms with Crippen molar-refractivity contribution >= 4 is 10.0 Å². The van der Waals surface area contributed by atoms with Crippen LogP contribution in [0.2, 0.25) is 0 Å². The van der Waals surface area contributed by atoms with Crippen molar-refractivity contribution in [2.24, 2.45) is 11.7 Å². The van der Waals surface area contributed by atoms with E-state index < -0.39 is 10.0 Å². The molecule has 0 aromatic heterocycles. The Kier molecular flexibility index (Phi) is 4.72. The largest absolute Gasteiger partial charge is 0.326 e. The molecule has 0 amide bonds. The lowest BCUT2D eigenvalue weighted by Crippen LogP contribution is -2.36. The summed E-state index contributed by atoms with van der Waals surface area (Å²) in [4.78, 5) is 2.50. The maximum absolute atomic E-state index is 12.8. The number of hydrogen-bond acceptors (Lipinski definition) is 4. The molecule has 0 saturated carbocycles. The van der Waals surface area contributed by atoms with E-state index in [4.69, 9.17) is 5.73 Å². The van der Waals surface area contributed by atoms with Crippen LogP contribution >= 0.6 is 0 Å². The van der Waals surface area contributed by atoms with Crippen molar-refractivity contribution in [3.05, 3.63) is 29.3 Å². The predicted molar refractivity (Wildman–Crippen MR) is 84.5 cm³/mol. The Morgan fingerprint density at radius 1 is 1.33 bits per heavy atom. The van der Waals surface area contributed by atoms with E-state index in [1.165, 1.54) is 0 Å². The van der Waals surface area contributed by atoms with Gasteiger partial charge in [-0.25, -0.2) is 8.42 Å². The number of rotatable bonds is 4. The fourth-order valence-electron chi connectivity index (χ4n) is 3.04. The van der Waals surface area contributed by atoms with E-state index in [9.17, 15) is 8.42 Å². The van der Waals surface area contributed by atoms with Crippen LogP contribution in [-0.4, -0.2) is 50.8 Å². The molecule has 0 spiro atoms. The van der Waals surface area contributed by atoms with Gasteiger partial charge in [0.15, 0.2) is 0 Å². The first-order valence-electron chi connectivity index (χ1n) is 7.23. The van der Waals surface area contributed by atoms with E-state index in [1.807, 2.05) is 27.1 Å². The van der Waals surface area contributed by atoms with Crippen molar-refractivity contribution in [1.29, 1.82) is 0 Å². The van der Waals surface area contributed by atoms with Crippen molar-refractivity contribution in [3.8, 4) is 0 Å². The number of sulfonamides is 1. The summed E-state index contributed by atoms with van der Waals surface area (Å²) in [6.07, 6.45) is 0. The molecular weight excluding hydrogens is 286 g/mol. The molecule has 118 valence electrons. The lowest BCUT2D eigenvalue weighted by Gasteiger charge is -2.22. The van der Waals surface area contributed by atoms with Gasteiger partial charge in [-0.3, -0.25) is 0 Å². The molecule has 1 heterocycles. The molecule has 21 heavy (non-hydrogen) atoms. The summed E-state index contributed by atoms with van der Waals surface area (Å²) < 4.78 is 27.3. The lowest BCUT2D eigenvalue weighted by atomic mass is 10.1. The monoisotopic (exact) mass is 311 g/mol. The highest BCUT2D eigenvalue weighted by atomic mass is 32.2. The Morgan fingerprint density at radius 3 is 2.48 bits per heavy atom. The highest BCUT2D eigenvalue weighted by Gasteiger charge is 2.38. The van der Waals surface area contributed by atoms with E-state index in [-0.39, 0.29) is 6.04 Å². The molecule has 1 aromatic rings. The summed E-state index contributed by atoms with van der Waals surface area (Å²) in [5.74, 6) is 0.332. The number of nitrogens with two attached hydrogens (primary N) is 1. The topological polar surface area (TPSA) is 66.6 Å². The summed E-state index contributed by atoms with van der Waals surface area (Å²) >= 11 is 0. The van der Waals surface area contributed by atoms with Gasteiger partial charge in [0.25, 0.3) is 0 Å². The summed E-state index contributed by atoms with van der Waals surface area (Å²) in [6, 6.07) is 5.60. The van der Waals surface area contributed by atoms with Gasteiger partial charge in [-0.1, -0.05) is 19.1 Å². The highest BCUT2D eigenvalue weighted by Crippen LogP contribution is 2.28. The molecule has 0 aliphatic carbocycles. The zero-order chi connectivity index (χ0) is 15.8. The maximum atomic E-state index is 12.8. The number of nitrogens with zero attached hydrogens (tertiary/aromatic N) is 2. The summed E-state index contributed by atoms with van der Waals surface area (Å²) in [5.41, 5.74) is 7.32. The van der Waals surface area contributed by atoms with Gasteiger partial charge < -0.3 is 10.6 Å². The SMILES string of the molecule is Cc1cc(CN)ccc1S(=O)(=O)N1CC(C)C(N(C)C)C1. The first-order valence-corrected chi connectivity index (χ1v) is 8.67. The molecule has 2 rings (SSSR count). The van der Waals surface area contributed by atoms with Crippen molar-refractivity contribution in [1.82, 2.24) is 9.21 Å². The standard InChI is InChI=1S/C15H25N3O2S/c1-11-7-13(8-16)5-6-15(11)21(19,20)18-9-12(2)14(10-18)17(3)4/h5-7,12,14H,8-10,16H2,1-4H3. The van der Waals surface area contributed by atoms with Crippen molar-refractivity contribution in [3.63, 3.8) is 0 Å². The van der Waals surface area contributed by atoms with Gasteiger partial charge in [-0.2, -0.15) is 4.31 Å². The van der Waals surface area contributed by atoms with Crippen molar-refractivity contribution < 1.29 is 8.42 Å².